The smallest absolute Gasteiger partial charge is 0.416 e. The van der Waals surface area contributed by atoms with Crippen LogP contribution in [-0.4, -0.2) is 42.6 Å². The van der Waals surface area contributed by atoms with Crippen molar-refractivity contribution >= 4 is 38.3 Å². The number of hydrogen-bond acceptors (Lipinski definition) is 6. The van der Waals surface area contributed by atoms with Crippen LogP contribution in [0, 0.1) is 0 Å². The molecule has 0 aliphatic heterocycles. The summed E-state index contributed by atoms with van der Waals surface area (Å²) in [6, 6.07) is 6.81. The number of hydrogen-bond donors (Lipinski definition) is 2. The predicted molar refractivity (Wildman–Crippen MR) is 116 cm³/mol. The van der Waals surface area contributed by atoms with E-state index < -0.39 is 23.6 Å². The predicted octanol–water partition coefficient (Wildman–Crippen LogP) is 5.12. The average molecular weight is 466 g/mol. The molecule has 0 aliphatic carbocycles. The molecular weight excluding hydrogens is 445 g/mol. The number of fused-ring (bicyclic) bond motifs is 1. The van der Waals surface area contributed by atoms with E-state index in [1.54, 1.807) is 13.0 Å². The molecule has 170 valence electrons. The van der Waals surface area contributed by atoms with Gasteiger partial charge in [0.25, 0.3) is 5.91 Å². The molecule has 10 heteroatoms. The van der Waals surface area contributed by atoms with Crippen LogP contribution in [0.1, 0.15) is 38.8 Å². The molecule has 1 heterocycles. The highest BCUT2D eigenvalue weighted by Gasteiger charge is 2.30. The van der Waals surface area contributed by atoms with Gasteiger partial charge < -0.3 is 20.1 Å². The molecule has 0 saturated carbocycles. The molecule has 0 saturated heterocycles. The molecule has 6 nitrogen and oxygen atoms in total. The van der Waals surface area contributed by atoms with Gasteiger partial charge in [-0.25, -0.2) is 4.79 Å². The molecule has 2 aromatic carbocycles. The van der Waals surface area contributed by atoms with Crippen LogP contribution < -0.4 is 5.32 Å². The van der Waals surface area contributed by atoms with Gasteiger partial charge in [0.05, 0.1) is 12.2 Å². The summed E-state index contributed by atoms with van der Waals surface area (Å²) >= 11 is 1.09. The number of aromatic hydroxyl groups is 1. The van der Waals surface area contributed by atoms with E-state index in [0.29, 0.717) is 22.2 Å². The molecule has 0 spiro atoms. The van der Waals surface area contributed by atoms with Crippen LogP contribution in [-0.2, 0) is 17.5 Å². The first-order chi connectivity index (χ1) is 15.0. The van der Waals surface area contributed by atoms with Crippen molar-refractivity contribution in [1.82, 2.24) is 4.90 Å². The molecule has 0 atom stereocenters. The minimum Gasteiger partial charge on any atom is -0.508 e. The second-order valence-corrected chi connectivity index (χ2v) is 8.25. The number of esters is 1. The molecular formula is C22H21F3N2O4S. The SMILES string of the molecule is CCOC(=O)c1c(NC(=O)c2ccc(C(F)(F)F)cc2)sc2c(CN(C)C)c(O)ccc12. The van der Waals surface area contributed by atoms with Crippen molar-refractivity contribution in [3.05, 3.63) is 58.7 Å². The molecule has 3 rings (SSSR count). The molecule has 32 heavy (non-hydrogen) atoms. The Labute approximate surface area is 186 Å². The van der Waals surface area contributed by atoms with Crippen molar-refractivity contribution < 1.29 is 32.6 Å². The molecule has 1 amide bonds. The highest BCUT2D eigenvalue weighted by Crippen LogP contribution is 2.41. The fourth-order valence-corrected chi connectivity index (χ4v) is 4.37. The van der Waals surface area contributed by atoms with Crippen molar-refractivity contribution in [3.63, 3.8) is 0 Å². The summed E-state index contributed by atoms with van der Waals surface area (Å²) in [7, 11) is 3.65. The number of carbonyl (C=O) groups is 2. The van der Waals surface area contributed by atoms with Gasteiger partial charge >= 0.3 is 12.1 Å². The lowest BCUT2D eigenvalue weighted by atomic mass is 10.1. The Morgan fingerprint density at radius 3 is 2.34 bits per heavy atom. The van der Waals surface area contributed by atoms with Crippen molar-refractivity contribution in [3.8, 4) is 5.75 Å². The quantitative estimate of drug-likeness (QED) is 0.493. The molecule has 0 bridgehead atoms. The highest BCUT2D eigenvalue weighted by molar-refractivity contribution is 7.23. The number of halogens is 3. The van der Waals surface area contributed by atoms with Gasteiger partial charge in [0, 0.05) is 27.8 Å². The summed E-state index contributed by atoms with van der Waals surface area (Å²) in [6.45, 7) is 2.15. The first-order valence-electron chi connectivity index (χ1n) is 9.60. The Morgan fingerprint density at radius 1 is 1.12 bits per heavy atom. The van der Waals surface area contributed by atoms with Crippen molar-refractivity contribution in [2.75, 3.05) is 26.0 Å². The number of nitrogens with one attached hydrogen (secondary N) is 1. The van der Waals surface area contributed by atoms with Crippen LogP contribution in [0.4, 0.5) is 18.2 Å². The molecule has 3 aromatic rings. The lowest BCUT2D eigenvalue weighted by molar-refractivity contribution is -0.137. The fraction of sp³-hybridized carbons (Fsp3) is 0.273. The van der Waals surface area contributed by atoms with Gasteiger partial charge in [-0.15, -0.1) is 11.3 Å². The third-order valence-corrected chi connectivity index (χ3v) is 5.77. The normalized spacial score (nSPS) is 11.7. The standard InChI is InChI=1S/C22H21F3N2O4S/c1-4-31-21(30)17-14-9-10-16(28)15(11-27(2)3)18(14)32-20(17)26-19(29)12-5-7-13(8-6-12)22(23,24)25/h5-10,28H,4,11H2,1-3H3,(H,26,29). The minimum atomic E-state index is -4.51. The molecule has 0 radical (unpaired) electrons. The number of carbonyl (C=O) groups excluding carboxylic acids is 2. The third-order valence-electron chi connectivity index (χ3n) is 4.59. The Morgan fingerprint density at radius 2 is 1.78 bits per heavy atom. The largest absolute Gasteiger partial charge is 0.508 e. The summed E-state index contributed by atoms with van der Waals surface area (Å²) in [5.74, 6) is -1.28. The van der Waals surface area contributed by atoms with Gasteiger partial charge in [0.15, 0.2) is 0 Å². The fourth-order valence-electron chi connectivity index (χ4n) is 3.16. The van der Waals surface area contributed by atoms with E-state index in [0.717, 1.165) is 35.6 Å². The van der Waals surface area contributed by atoms with E-state index in [-0.39, 0.29) is 28.5 Å². The van der Waals surface area contributed by atoms with Gasteiger partial charge in [-0.2, -0.15) is 13.2 Å². The number of nitrogens with zero attached hydrogens (tertiary/aromatic N) is 1. The third kappa shape index (κ3) is 4.86. The number of phenolic OH excluding ortho intramolecular Hbond substituents is 1. The first kappa shape index (κ1) is 23.6. The topological polar surface area (TPSA) is 78.9 Å². The maximum atomic E-state index is 12.8. The van der Waals surface area contributed by atoms with Crippen LogP contribution in [0.25, 0.3) is 10.1 Å². The van der Waals surface area contributed by atoms with Crippen molar-refractivity contribution in [2.45, 2.75) is 19.6 Å². The lowest BCUT2D eigenvalue weighted by Crippen LogP contribution is -2.15. The Kier molecular flexibility index (Phi) is 6.75. The zero-order valence-electron chi connectivity index (χ0n) is 17.5. The van der Waals surface area contributed by atoms with E-state index in [9.17, 15) is 27.9 Å². The van der Waals surface area contributed by atoms with Crippen LogP contribution in [0.2, 0.25) is 0 Å². The summed E-state index contributed by atoms with van der Waals surface area (Å²) in [6.07, 6.45) is -4.51. The summed E-state index contributed by atoms with van der Waals surface area (Å²) in [4.78, 5) is 27.2. The molecule has 0 aliphatic rings. The number of benzene rings is 2. The Bertz CT molecular complexity index is 1150. The monoisotopic (exact) mass is 466 g/mol. The van der Waals surface area contributed by atoms with E-state index in [1.165, 1.54) is 6.07 Å². The van der Waals surface area contributed by atoms with Gasteiger partial charge in [-0.1, -0.05) is 0 Å². The number of alkyl halides is 3. The maximum absolute atomic E-state index is 12.8. The number of amides is 1. The van der Waals surface area contributed by atoms with Gasteiger partial charge in [-0.3, -0.25) is 4.79 Å². The summed E-state index contributed by atoms with van der Waals surface area (Å²) < 4.78 is 44.1. The second kappa shape index (κ2) is 9.17. The summed E-state index contributed by atoms with van der Waals surface area (Å²) in [5, 5.41) is 13.6. The molecule has 1 aromatic heterocycles. The Balaban J connectivity index is 2.05. The van der Waals surface area contributed by atoms with Gasteiger partial charge in [0.1, 0.15) is 16.3 Å². The number of ether oxygens (including phenoxy) is 1. The second-order valence-electron chi connectivity index (χ2n) is 7.23. The van der Waals surface area contributed by atoms with Gasteiger partial charge in [0.2, 0.25) is 0 Å². The first-order valence-corrected chi connectivity index (χ1v) is 10.4. The zero-order chi connectivity index (χ0) is 23.6. The number of anilines is 1. The van der Waals surface area contributed by atoms with Crippen LogP contribution in [0.5, 0.6) is 5.75 Å². The van der Waals surface area contributed by atoms with E-state index in [1.807, 2.05) is 19.0 Å². The molecule has 0 fully saturated rings. The zero-order valence-corrected chi connectivity index (χ0v) is 18.4. The summed E-state index contributed by atoms with van der Waals surface area (Å²) in [5.41, 5.74) is -0.154. The van der Waals surface area contributed by atoms with Crippen molar-refractivity contribution in [1.29, 1.82) is 0 Å². The van der Waals surface area contributed by atoms with E-state index >= 15 is 0 Å². The maximum Gasteiger partial charge on any atom is 0.416 e. The Hall–Kier alpha value is -3.11. The number of thiophene rings is 1. The van der Waals surface area contributed by atoms with E-state index in [4.69, 9.17) is 4.74 Å². The minimum absolute atomic E-state index is 0.00151. The highest BCUT2D eigenvalue weighted by atomic mass is 32.1. The van der Waals surface area contributed by atoms with E-state index in [2.05, 4.69) is 5.32 Å². The number of phenols is 1. The lowest BCUT2D eigenvalue weighted by Gasteiger charge is -2.12. The molecule has 2 N–H and O–H groups in total. The number of rotatable bonds is 6. The average Bonchev–Trinajstić information content (AvgIpc) is 3.08. The van der Waals surface area contributed by atoms with Gasteiger partial charge in [-0.05, 0) is 57.4 Å². The van der Waals surface area contributed by atoms with Crippen molar-refractivity contribution in [2.24, 2.45) is 0 Å². The van der Waals surface area contributed by atoms with Crippen LogP contribution in [0.3, 0.4) is 0 Å². The van der Waals surface area contributed by atoms with Crippen LogP contribution >= 0.6 is 11.3 Å². The molecule has 0 unspecified atom stereocenters. The van der Waals surface area contributed by atoms with Crippen LogP contribution in [0.15, 0.2) is 36.4 Å².